The van der Waals surface area contributed by atoms with Crippen LogP contribution in [0.15, 0.2) is 42.7 Å². The van der Waals surface area contributed by atoms with E-state index < -0.39 is 0 Å². The molecule has 1 fully saturated rings. The maximum absolute atomic E-state index is 5.65. The Balaban J connectivity index is 1.37. The Hall–Kier alpha value is -2.53. The van der Waals surface area contributed by atoms with Crippen molar-refractivity contribution in [3.05, 3.63) is 53.9 Å². The maximum atomic E-state index is 5.65. The summed E-state index contributed by atoms with van der Waals surface area (Å²) in [6.45, 7) is 5.08. The average molecular weight is 377 g/mol. The summed E-state index contributed by atoms with van der Waals surface area (Å²) in [5, 5.41) is 5.16. The van der Waals surface area contributed by atoms with E-state index >= 15 is 0 Å². The van der Waals surface area contributed by atoms with E-state index in [9.17, 15) is 0 Å². The van der Waals surface area contributed by atoms with Gasteiger partial charge in [0.1, 0.15) is 0 Å². The van der Waals surface area contributed by atoms with Crippen LogP contribution in [0, 0.1) is 0 Å². The number of nitrogens with one attached hydrogen (secondary N) is 2. The predicted molar refractivity (Wildman–Crippen MR) is 113 cm³/mol. The van der Waals surface area contributed by atoms with E-state index in [0.717, 1.165) is 25.1 Å². The van der Waals surface area contributed by atoms with Gasteiger partial charge in [-0.2, -0.15) is 0 Å². The Kier molecular flexibility index (Phi) is 4.27. The number of hydrogen-bond acceptors (Lipinski definition) is 4. The number of aromatic amines is 1. The van der Waals surface area contributed by atoms with Gasteiger partial charge >= 0.3 is 0 Å². The standard InChI is InChI=1S/C23H28N4O/c1-14(2)28-22-8-7-16(12-25-22)26-17-10-19-18-5-4-6-20-23(18)15(11-24-20)9-21(19)27(3)13-17/h4-8,11-12,14,17,19,21,24,26H,9-10,13H2,1-3H3/t17?,19?,21-/m1/s1. The summed E-state index contributed by atoms with van der Waals surface area (Å²) in [7, 11) is 2.26. The first-order valence-corrected chi connectivity index (χ1v) is 10.3. The van der Waals surface area contributed by atoms with Crippen LogP contribution in [0.25, 0.3) is 10.9 Å². The molecule has 0 amide bonds. The molecule has 2 aromatic heterocycles. The van der Waals surface area contributed by atoms with E-state index in [1.165, 1.54) is 22.0 Å². The lowest BCUT2D eigenvalue weighted by molar-refractivity contribution is 0.147. The van der Waals surface area contributed by atoms with E-state index in [1.807, 2.05) is 26.1 Å². The van der Waals surface area contributed by atoms with Gasteiger partial charge in [0.05, 0.1) is 18.0 Å². The minimum absolute atomic E-state index is 0.141. The highest BCUT2D eigenvalue weighted by atomic mass is 16.5. The molecule has 1 aromatic carbocycles. The summed E-state index contributed by atoms with van der Waals surface area (Å²) < 4.78 is 5.65. The van der Waals surface area contributed by atoms with Gasteiger partial charge in [-0.25, -0.2) is 4.98 Å². The van der Waals surface area contributed by atoms with Gasteiger partial charge < -0.3 is 19.9 Å². The molecule has 5 heteroatoms. The first-order valence-electron chi connectivity index (χ1n) is 10.3. The highest BCUT2D eigenvalue weighted by Gasteiger charge is 2.39. The number of ether oxygens (including phenoxy) is 1. The minimum Gasteiger partial charge on any atom is -0.475 e. The topological polar surface area (TPSA) is 53.2 Å². The summed E-state index contributed by atoms with van der Waals surface area (Å²) in [5.74, 6) is 1.24. The van der Waals surface area contributed by atoms with Crippen LogP contribution in [0.3, 0.4) is 0 Å². The molecule has 1 aliphatic carbocycles. The fourth-order valence-electron chi connectivity index (χ4n) is 5.06. The number of benzene rings is 1. The van der Waals surface area contributed by atoms with Crippen molar-refractivity contribution >= 4 is 16.6 Å². The summed E-state index contributed by atoms with van der Waals surface area (Å²) in [5.41, 5.74) is 5.30. The molecule has 2 aliphatic rings. The molecule has 3 atom stereocenters. The van der Waals surface area contributed by atoms with Crippen molar-refractivity contribution in [1.82, 2.24) is 14.9 Å². The number of likely N-dealkylation sites (N-methyl/N-ethyl adjacent to an activating group) is 1. The van der Waals surface area contributed by atoms with Gasteiger partial charge in [-0.1, -0.05) is 12.1 Å². The molecule has 3 heterocycles. The Bertz CT molecular complexity index is 978. The summed E-state index contributed by atoms with van der Waals surface area (Å²) in [4.78, 5) is 10.4. The molecule has 3 aromatic rings. The summed E-state index contributed by atoms with van der Waals surface area (Å²) in [6, 6.07) is 11.7. The van der Waals surface area contributed by atoms with Crippen molar-refractivity contribution in [2.24, 2.45) is 0 Å². The van der Waals surface area contributed by atoms with Crippen LogP contribution in [0.4, 0.5) is 5.69 Å². The van der Waals surface area contributed by atoms with Gasteiger partial charge in [-0.3, -0.25) is 0 Å². The van der Waals surface area contributed by atoms with Gasteiger partial charge in [-0.05, 0) is 57.0 Å². The predicted octanol–water partition coefficient (Wildman–Crippen LogP) is 4.17. The fraction of sp³-hybridized carbons (Fsp3) is 0.435. The number of anilines is 1. The molecule has 5 rings (SSSR count). The van der Waals surface area contributed by atoms with E-state index in [-0.39, 0.29) is 6.10 Å². The molecular formula is C23H28N4O. The van der Waals surface area contributed by atoms with Gasteiger partial charge in [0.25, 0.3) is 0 Å². The second-order valence-electron chi connectivity index (χ2n) is 8.53. The third-order valence-electron chi connectivity index (χ3n) is 6.19. The quantitative estimate of drug-likeness (QED) is 0.717. The van der Waals surface area contributed by atoms with Crippen molar-refractivity contribution < 1.29 is 4.74 Å². The van der Waals surface area contributed by atoms with Crippen LogP contribution in [0.2, 0.25) is 0 Å². The third kappa shape index (κ3) is 3.04. The fourth-order valence-corrected chi connectivity index (χ4v) is 5.06. The van der Waals surface area contributed by atoms with Crippen molar-refractivity contribution in [1.29, 1.82) is 0 Å². The van der Waals surface area contributed by atoms with E-state index in [2.05, 4.69) is 57.7 Å². The summed E-state index contributed by atoms with van der Waals surface area (Å²) >= 11 is 0. The van der Waals surface area contributed by atoms with Crippen molar-refractivity contribution in [3.8, 4) is 5.88 Å². The van der Waals surface area contributed by atoms with Gasteiger partial charge in [0.15, 0.2) is 0 Å². The zero-order chi connectivity index (χ0) is 19.3. The largest absolute Gasteiger partial charge is 0.475 e. The van der Waals surface area contributed by atoms with E-state index in [4.69, 9.17) is 4.74 Å². The van der Waals surface area contributed by atoms with E-state index in [1.54, 1.807) is 0 Å². The van der Waals surface area contributed by atoms with Crippen LogP contribution in [-0.2, 0) is 6.42 Å². The first kappa shape index (κ1) is 17.6. The first-order chi connectivity index (χ1) is 13.6. The molecule has 0 radical (unpaired) electrons. The van der Waals surface area contributed by atoms with Crippen LogP contribution in [-0.4, -0.2) is 46.6 Å². The minimum atomic E-state index is 0.141. The molecule has 2 N–H and O–H groups in total. The normalized spacial score (nSPS) is 24.4. The number of aromatic nitrogens is 2. The molecule has 0 spiro atoms. The molecule has 2 unspecified atom stereocenters. The summed E-state index contributed by atoms with van der Waals surface area (Å²) in [6.07, 6.45) is 6.50. The Morgan fingerprint density at radius 3 is 2.93 bits per heavy atom. The van der Waals surface area contributed by atoms with Crippen LogP contribution < -0.4 is 10.1 Å². The lowest BCUT2D eigenvalue weighted by atomic mass is 9.74. The van der Waals surface area contributed by atoms with Crippen molar-refractivity contribution in [2.45, 2.75) is 50.8 Å². The Labute approximate surface area is 166 Å². The van der Waals surface area contributed by atoms with Gasteiger partial charge in [-0.15, -0.1) is 0 Å². The molecule has 1 saturated heterocycles. The van der Waals surface area contributed by atoms with Crippen molar-refractivity contribution in [2.75, 3.05) is 18.9 Å². The SMILES string of the molecule is CC(C)Oc1ccc(NC2CC3c4cccc5[nH]cc(c45)C[C@H]3N(C)C2)cn1. The lowest BCUT2D eigenvalue weighted by Gasteiger charge is -2.45. The number of piperidine rings is 1. The average Bonchev–Trinajstić information content (AvgIpc) is 3.08. The third-order valence-corrected chi connectivity index (χ3v) is 6.19. The number of hydrogen-bond donors (Lipinski definition) is 2. The zero-order valence-electron chi connectivity index (χ0n) is 16.8. The number of likely N-dealkylation sites (tertiary alicyclic amines) is 1. The maximum Gasteiger partial charge on any atom is 0.213 e. The molecule has 0 saturated carbocycles. The second-order valence-corrected chi connectivity index (χ2v) is 8.53. The number of pyridine rings is 1. The monoisotopic (exact) mass is 376 g/mol. The Morgan fingerprint density at radius 2 is 2.14 bits per heavy atom. The smallest absolute Gasteiger partial charge is 0.213 e. The van der Waals surface area contributed by atoms with Gasteiger partial charge in [0.2, 0.25) is 5.88 Å². The molecule has 146 valence electrons. The highest BCUT2D eigenvalue weighted by molar-refractivity contribution is 5.88. The lowest BCUT2D eigenvalue weighted by Crippen LogP contribution is -2.51. The second kappa shape index (κ2) is 6.82. The zero-order valence-corrected chi connectivity index (χ0v) is 16.8. The highest BCUT2D eigenvalue weighted by Crippen LogP contribution is 2.43. The van der Waals surface area contributed by atoms with E-state index in [0.29, 0.717) is 23.9 Å². The van der Waals surface area contributed by atoms with Crippen LogP contribution in [0.5, 0.6) is 5.88 Å². The molecule has 0 bridgehead atoms. The van der Waals surface area contributed by atoms with Crippen molar-refractivity contribution in [3.63, 3.8) is 0 Å². The van der Waals surface area contributed by atoms with Crippen LogP contribution in [0.1, 0.15) is 37.3 Å². The number of H-pyrrole nitrogens is 1. The molecule has 1 aliphatic heterocycles. The Morgan fingerprint density at radius 1 is 1.25 bits per heavy atom. The number of nitrogens with zero attached hydrogens (tertiary/aromatic N) is 2. The molecular weight excluding hydrogens is 348 g/mol. The van der Waals surface area contributed by atoms with Crippen LogP contribution >= 0.6 is 0 Å². The number of rotatable bonds is 4. The van der Waals surface area contributed by atoms with Gasteiger partial charge in [0, 0.05) is 47.7 Å². The molecule has 28 heavy (non-hydrogen) atoms. The number of fused-ring (bicyclic) bond motifs is 2. The molecule has 5 nitrogen and oxygen atoms in total.